The number of amides is 1. The van der Waals surface area contributed by atoms with Gasteiger partial charge in [-0.3, -0.25) is 9.69 Å². The van der Waals surface area contributed by atoms with Gasteiger partial charge in [-0.2, -0.15) is 0 Å². The van der Waals surface area contributed by atoms with Crippen LogP contribution in [0.5, 0.6) is 0 Å². The highest BCUT2D eigenvalue weighted by molar-refractivity contribution is 5.95. The maximum absolute atomic E-state index is 12.0. The summed E-state index contributed by atoms with van der Waals surface area (Å²) in [5, 5.41) is 9.44. The summed E-state index contributed by atoms with van der Waals surface area (Å²) in [6.07, 6.45) is 4.50. The normalized spacial score (nSPS) is 22.2. The summed E-state index contributed by atoms with van der Waals surface area (Å²) >= 11 is 0. The summed E-state index contributed by atoms with van der Waals surface area (Å²) in [4.78, 5) is 28.1. The first-order valence-electron chi connectivity index (χ1n) is 10.5. The van der Waals surface area contributed by atoms with Crippen molar-refractivity contribution in [1.29, 1.82) is 0 Å². The second-order valence-corrected chi connectivity index (χ2v) is 8.15. The number of carbonyl (C=O) groups excluding carboxylic acids is 1. The molecule has 0 bridgehead atoms. The molecule has 2 atom stereocenters. The first-order chi connectivity index (χ1) is 14.0. The molecule has 0 unspecified atom stereocenters. The third-order valence-corrected chi connectivity index (χ3v) is 6.39. The van der Waals surface area contributed by atoms with E-state index in [-0.39, 0.29) is 5.91 Å². The Morgan fingerprint density at radius 2 is 1.72 bits per heavy atom. The van der Waals surface area contributed by atoms with E-state index in [0.29, 0.717) is 17.6 Å². The number of carboxylic acid groups (broad SMARTS) is 1. The molecular weight excluding hydrogens is 364 g/mol. The number of hydrogen-bond donors (Lipinski definition) is 1. The SMILES string of the molecule is CC(=O)N1CC[C@@H]2[C@H]1CCCCN2Cc1ccc(-c2ccccc2C(=O)O)cc1. The molecule has 2 aliphatic rings. The van der Waals surface area contributed by atoms with E-state index in [2.05, 4.69) is 21.9 Å². The van der Waals surface area contributed by atoms with Gasteiger partial charge in [0.1, 0.15) is 0 Å². The fraction of sp³-hybridized carbons (Fsp3) is 0.417. The average Bonchev–Trinajstić information content (AvgIpc) is 3.05. The molecule has 2 heterocycles. The van der Waals surface area contributed by atoms with Crippen molar-refractivity contribution in [3.05, 3.63) is 59.7 Å². The second-order valence-electron chi connectivity index (χ2n) is 8.15. The first kappa shape index (κ1) is 19.6. The van der Waals surface area contributed by atoms with Crippen molar-refractivity contribution in [3.63, 3.8) is 0 Å². The molecule has 1 amide bonds. The van der Waals surface area contributed by atoms with Crippen molar-refractivity contribution >= 4 is 11.9 Å². The molecule has 5 nitrogen and oxygen atoms in total. The Morgan fingerprint density at radius 3 is 2.45 bits per heavy atom. The Kier molecular flexibility index (Phi) is 5.67. The Labute approximate surface area is 171 Å². The van der Waals surface area contributed by atoms with E-state index in [1.54, 1.807) is 19.1 Å². The fourth-order valence-corrected chi connectivity index (χ4v) is 4.98. The predicted molar refractivity (Wildman–Crippen MR) is 113 cm³/mol. The monoisotopic (exact) mass is 392 g/mol. The molecule has 0 saturated carbocycles. The number of aromatic carboxylic acids is 1. The largest absolute Gasteiger partial charge is 0.478 e. The lowest BCUT2D eigenvalue weighted by atomic mass is 9.98. The molecule has 2 saturated heterocycles. The number of fused-ring (bicyclic) bond motifs is 1. The van der Waals surface area contributed by atoms with Gasteiger partial charge in [0, 0.05) is 32.1 Å². The van der Waals surface area contributed by atoms with Crippen molar-refractivity contribution < 1.29 is 14.7 Å². The summed E-state index contributed by atoms with van der Waals surface area (Å²) < 4.78 is 0. The van der Waals surface area contributed by atoms with Crippen LogP contribution >= 0.6 is 0 Å². The molecule has 2 aliphatic heterocycles. The van der Waals surface area contributed by atoms with Crippen molar-refractivity contribution in [3.8, 4) is 11.1 Å². The minimum absolute atomic E-state index is 0.195. The quantitative estimate of drug-likeness (QED) is 0.854. The average molecular weight is 392 g/mol. The van der Waals surface area contributed by atoms with Crippen molar-refractivity contribution in [2.45, 2.75) is 51.2 Å². The number of nitrogens with zero attached hydrogens (tertiary/aromatic N) is 2. The molecule has 2 aromatic carbocycles. The van der Waals surface area contributed by atoms with Gasteiger partial charge in [0.05, 0.1) is 5.56 Å². The Hall–Kier alpha value is -2.66. The number of rotatable bonds is 4. The molecule has 5 heteroatoms. The van der Waals surface area contributed by atoms with Gasteiger partial charge in [-0.25, -0.2) is 4.79 Å². The third-order valence-electron chi connectivity index (χ3n) is 6.39. The summed E-state index contributed by atoms with van der Waals surface area (Å²) in [6, 6.07) is 16.1. The molecule has 29 heavy (non-hydrogen) atoms. The van der Waals surface area contributed by atoms with Crippen LogP contribution in [-0.2, 0) is 11.3 Å². The van der Waals surface area contributed by atoms with E-state index in [0.717, 1.165) is 43.6 Å². The van der Waals surface area contributed by atoms with Gasteiger partial charge in [0.2, 0.25) is 5.91 Å². The van der Waals surface area contributed by atoms with Crippen LogP contribution in [0.1, 0.15) is 48.5 Å². The van der Waals surface area contributed by atoms with E-state index >= 15 is 0 Å². The van der Waals surface area contributed by atoms with Crippen LogP contribution in [0.2, 0.25) is 0 Å². The third kappa shape index (κ3) is 4.06. The number of benzene rings is 2. The van der Waals surface area contributed by atoms with Crippen LogP contribution in [-0.4, -0.2) is 52.0 Å². The van der Waals surface area contributed by atoms with E-state index in [9.17, 15) is 14.7 Å². The molecule has 0 aromatic heterocycles. The zero-order chi connectivity index (χ0) is 20.4. The highest BCUT2D eigenvalue weighted by Gasteiger charge is 2.39. The lowest BCUT2D eigenvalue weighted by Crippen LogP contribution is -2.44. The van der Waals surface area contributed by atoms with Gasteiger partial charge in [0.25, 0.3) is 0 Å². The zero-order valence-electron chi connectivity index (χ0n) is 16.9. The molecule has 0 radical (unpaired) electrons. The topological polar surface area (TPSA) is 60.9 Å². The standard InChI is InChI=1S/C24H28N2O3/c1-17(27)26-15-13-22-23(26)8-4-5-14-25(22)16-18-9-11-19(12-10-18)20-6-2-3-7-21(20)24(28)29/h2-3,6-7,9-12,22-23H,4-5,8,13-16H2,1H3,(H,28,29)/t22-,23-/m1/s1. The number of carboxylic acids is 1. The van der Waals surface area contributed by atoms with Crippen LogP contribution in [0, 0.1) is 0 Å². The van der Waals surface area contributed by atoms with Crippen molar-refractivity contribution in [2.75, 3.05) is 13.1 Å². The van der Waals surface area contributed by atoms with E-state index < -0.39 is 5.97 Å². The molecule has 0 spiro atoms. The highest BCUT2D eigenvalue weighted by atomic mass is 16.4. The van der Waals surface area contributed by atoms with E-state index in [1.807, 2.05) is 24.3 Å². The van der Waals surface area contributed by atoms with E-state index in [4.69, 9.17) is 0 Å². The van der Waals surface area contributed by atoms with Gasteiger partial charge in [-0.15, -0.1) is 0 Å². The van der Waals surface area contributed by atoms with Crippen LogP contribution in [0.15, 0.2) is 48.5 Å². The summed E-state index contributed by atoms with van der Waals surface area (Å²) in [5.41, 5.74) is 3.22. The van der Waals surface area contributed by atoms with Gasteiger partial charge < -0.3 is 10.0 Å². The summed E-state index contributed by atoms with van der Waals surface area (Å²) in [5.74, 6) is -0.711. The number of carbonyl (C=O) groups is 2. The minimum atomic E-state index is -0.906. The van der Waals surface area contributed by atoms with Gasteiger partial charge in [-0.05, 0) is 48.6 Å². The molecule has 152 valence electrons. The smallest absolute Gasteiger partial charge is 0.336 e. The number of hydrogen-bond acceptors (Lipinski definition) is 3. The van der Waals surface area contributed by atoms with E-state index in [1.165, 1.54) is 18.4 Å². The van der Waals surface area contributed by atoms with Crippen molar-refractivity contribution in [2.24, 2.45) is 0 Å². The van der Waals surface area contributed by atoms with Crippen LogP contribution in [0.4, 0.5) is 0 Å². The van der Waals surface area contributed by atoms with Gasteiger partial charge in [-0.1, -0.05) is 48.9 Å². The first-order valence-corrected chi connectivity index (χ1v) is 10.5. The minimum Gasteiger partial charge on any atom is -0.478 e. The summed E-state index contributed by atoms with van der Waals surface area (Å²) in [7, 11) is 0. The molecule has 2 aromatic rings. The molecule has 4 rings (SSSR count). The zero-order valence-corrected chi connectivity index (χ0v) is 16.9. The molecule has 2 fully saturated rings. The Morgan fingerprint density at radius 1 is 0.966 bits per heavy atom. The molecule has 0 aliphatic carbocycles. The highest BCUT2D eigenvalue weighted by Crippen LogP contribution is 2.31. The van der Waals surface area contributed by atoms with Gasteiger partial charge >= 0.3 is 5.97 Å². The molecular formula is C24H28N2O3. The maximum Gasteiger partial charge on any atom is 0.336 e. The van der Waals surface area contributed by atoms with Crippen LogP contribution in [0.3, 0.4) is 0 Å². The lowest BCUT2D eigenvalue weighted by Gasteiger charge is -2.32. The predicted octanol–water partition coefficient (Wildman–Crippen LogP) is 4.03. The fourth-order valence-electron chi connectivity index (χ4n) is 4.98. The number of likely N-dealkylation sites (tertiary alicyclic amines) is 2. The van der Waals surface area contributed by atoms with Crippen molar-refractivity contribution in [1.82, 2.24) is 9.80 Å². The van der Waals surface area contributed by atoms with Gasteiger partial charge in [0.15, 0.2) is 0 Å². The van der Waals surface area contributed by atoms with Crippen LogP contribution < -0.4 is 0 Å². The maximum atomic E-state index is 12.0. The lowest BCUT2D eigenvalue weighted by molar-refractivity contribution is -0.130. The second kappa shape index (κ2) is 8.37. The van der Waals surface area contributed by atoms with Crippen LogP contribution in [0.25, 0.3) is 11.1 Å². The Bertz CT molecular complexity index is 893. The summed E-state index contributed by atoms with van der Waals surface area (Å²) in [6.45, 7) is 4.49. The Balaban J connectivity index is 1.52. The molecule has 1 N–H and O–H groups in total.